The minimum absolute atomic E-state index is 0.0700. The van der Waals surface area contributed by atoms with E-state index in [9.17, 15) is 4.79 Å². The number of carbonyl (C=O) groups excluding carboxylic acids is 1. The van der Waals surface area contributed by atoms with E-state index in [0.29, 0.717) is 19.0 Å². The van der Waals surface area contributed by atoms with Crippen molar-refractivity contribution in [3.63, 3.8) is 0 Å². The van der Waals surface area contributed by atoms with Crippen LogP contribution in [0.5, 0.6) is 0 Å². The van der Waals surface area contributed by atoms with E-state index in [-0.39, 0.29) is 17.9 Å². The van der Waals surface area contributed by atoms with Crippen LogP contribution in [-0.2, 0) is 9.53 Å². The van der Waals surface area contributed by atoms with Crippen molar-refractivity contribution >= 4 is 17.5 Å². The van der Waals surface area contributed by atoms with Gasteiger partial charge in [0.05, 0.1) is 19.3 Å². The Morgan fingerprint density at radius 2 is 2.00 bits per heavy atom. The summed E-state index contributed by atoms with van der Waals surface area (Å²) in [4.78, 5) is 15.0. The summed E-state index contributed by atoms with van der Waals surface area (Å²) in [5.74, 6) is 0.554. The number of halogens is 1. The van der Waals surface area contributed by atoms with Gasteiger partial charge in [0.15, 0.2) is 0 Å². The maximum absolute atomic E-state index is 12.7. The molecule has 1 unspecified atom stereocenters. The van der Waals surface area contributed by atoms with Gasteiger partial charge in [-0.25, -0.2) is 0 Å². The first-order valence-electron chi connectivity index (χ1n) is 9.24. The normalized spacial score (nSPS) is 25.7. The molecule has 2 fully saturated rings. The van der Waals surface area contributed by atoms with Crippen molar-refractivity contribution in [2.75, 3.05) is 39.4 Å². The number of nitrogens with zero attached hydrogens (tertiary/aromatic N) is 1. The molecule has 2 aliphatic rings. The molecule has 0 aromatic heterocycles. The minimum atomic E-state index is 0.0700. The summed E-state index contributed by atoms with van der Waals surface area (Å²) in [6, 6.07) is 8.06. The lowest BCUT2D eigenvalue weighted by molar-refractivity contribution is -0.126. The Morgan fingerprint density at radius 1 is 1.28 bits per heavy atom. The van der Waals surface area contributed by atoms with E-state index in [1.165, 1.54) is 5.56 Å². The van der Waals surface area contributed by atoms with Gasteiger partial charge in [0.1, 0.15) is 0 Å². The largest absolute Gasteiger partial charge is 0.379 e. The number of benzene rings is 1. The van der Waals surface area contributed by atoms with E-state index in [1.54, 1.807) is 0 Å². The molecule has 1 heterocycles. The second-order valence-electron chi connectivity index (χ2n) is 6.99. The Kier molecular flexibility index (Phi) is 6.70. The predicted octanol–water partition coefficient (Wildman–Crippen LogP) is 2.20. The van der Waals surface area contributed by atoms with Crippen LogP contribution in [0.15, 0.2) is 24.3 Å². The van der Waals surface area contributed by atoms with Gasteiger partial charge in [-0.1, -0.05) is 30.2 Å². The maximum Gasteiger partial charge on any atom is 0.223 e. The number of amides is 1. The third-order valence-corrected chi connectivity index (χ3v) is 5.76. The molecule has 3 rings (SSSR count). The number of morpholine rings is 1. The van der Waals surface area contributed by atoms with Crippen LogP contribution < -0.4 is 11.1 Å². The van der Waals surface area contributed by atoms with Crippen molar-refractivity contribution in [2.24, 2.45) is 17.6 Å². The van der Waals surface area contributed by atoms with Gasteiger partial charge in [-0.3, -0.25) is 9.69 Å². The lowest BCUT2D eigenvalue weighted by Gasteiger charge is -2.35. The zero-order valence-electron chi connectivity index (χ0n) is 14.6. The van der Waals surface area contributed by atoms with Crippen molar-refractivity contribution in [1.82, 2.24) is 10.2 Å². The van der Waals surface area contributed by atoms with Crippen LogP contribution in [0.4, 0.5) is 0 Å². The van der Waals surface area contributed by atoms with Crippen LogP contribution in [-0.4, -0.2) is 50.2 Å². The molecule has 138 valence electrons. The minimum Gasteiger partial charge on any atom is -0.379 e. The predicted molar refractivity (Wildman–Crippen MR) is 99.5 cm³/mol. The second kappa shape index (κ2) is 8.99. The molecule has 1 aliphatic heterocycles. The zero-order chi connectivity index (χ0) is 17.6. The third kappa shape index (κ3) is 4.73. The highest BCUT2D eigenvalue weighted by molar-refractivity contribution is 6.30. The van der Waals surface area contributed by atoms with Gasteiger partial charge in [0.25, 0.3) is 0 Å². The fraction of sp³-hybridized carbons (Fsp3) is 0.632. The fourth-order valence-electron chi connectivity index (χ4n) is 4.02. The molecule has 1 saturated carbocycles. The molecule has 3 N–H and O–H groups in total. The quantitative estimate of drug-likeness (QED) is 0.811. The summed E-state index contributed by atoms with van der Waals surface area (Å²) >= 11 is 6.03. The number of carbonyl (C=O) groups is 1. The highest BCUT2D eigenvalue weighted by Gasteiger charge is 2.32. The van der Waals surface area contributed by atoms with Crippen molar-refractivity contribution < 1.29 is 9.53 Å². The van der Waals surface area contributed by atoms with Crippen LogP contribution >= 0.6 is 11.6 Å². The Morgan fingerprint density at radius 3 is 2.68 bits per heavy atom. The number of nitrogens with one attached hydrogen (secondary N) is 1. The van der Waals surface area contributed by atoms with Crippen LogP contribution in [0, 0.1) is 11.8 Å². The third-order valence-electron chi connectivity index (χ3n) is 5.51. The molecule has 0 bridgehead atoms. The van der Waals surface area contributed by atoms with Crippen LogP contribution in [0.3, 0.4) is 0 Å². The van der Waals surface area contributed by atoms with Crippen LogP contribution in [0.25, 0.3) is 0 Å². The molecule has 0 radical (unpaired) electrons. The first-order chi connectivity index (χ1) is 12.2. The summed E-state index contributed by atoms with van der Waals surface area (Å²) in [5, 5.41) is 3.92. The summed E-state index contributed by atoms with van der Waals surface area (Å²) in [5.41, 5.74) is 7.00. The van der Waals surface area contributed by atoms with Crippen molar-refractivity contribution in [3.05, 3.63) is 34.9 Å². The topological polar surface area (TPSA) is 67.6 Å². The standard InChI is InChI=1S/C19H28ClN3O2/c20-16-6-4-14(5-7-16)18(23-8-10-25-11-9-23)13-22-19(24)17-3-1-2-15(17)12-21/h4-7,15,17-18H,1-3,8-13,21H2,(H,22,24)/t15-,17-,18?/m1/s1. The Bertz CT molecular complexity index is 560. The van der Waals surface area contributed by atoms with Gasteiger partial charge in [-0.15, -0.1) is 0 Å². The van der Waals surface area contributed by atoms with E-state index in [2.05, 4.69) is 10.2 Å². The smallest absolute Gasteiger partial charge is 0.223 e. The monoisotopic (exact) mass is 365 g/mol. The molecular weight excluding hydrogens is 338 g/mol. The summed E-state index contributed by atoms with van der Waals surface area (Å²) in [7, 11) is 0. The first-order valence-corrected chi connectivity index (χ1v) is 9.62. The lowest BCUT2D eigenvalue weighted by atomic mass is 9.95. The zero-order valence-corrected chi connectivity index (χ0v) is 15.4. The van der Waals surface area contributed by atoms with Crippen molar-refractivity contribution in [3.8, 4) is 0 Å². The number of rotatable bonds is 6. The van der Waals surface area contributed by atoms with Crippen LogP contribution in [0.1, 0.15) is 30.9 Å². The van der Waals surface area contributed by atoms with E-state index < -0.39 is 0 Å². The van der Waals surface area contributed by atoms with Gasteiger partial charge >= 0.3 is 0 Å². The van der Waals surface area contributed by atoms with E-state index in [0.717, 1.165) is 50.6 Å². The maximum atomic E-state index is 12.7. The van der Waals surface area contributed by atoms with Crippen molar-refractivity contribution in [1.29, 1.82) is 0 Å². The Hall–Kier alpha value is -1.14. The highest BCUT2D eigenvalue weighted by atomic mass is 35.5. The fourth-order valence-corrected chi connectivity index (χ4v) is 4.15. The molecule has 25 heavy (non-hydrogen) atoms. The average Bonchev–Trinajstić information content (AvgIpc) is 3.13. The van der Waals surface area contributed by atoms with Gasteiger partial charge in [0, 0.05) is 30.6 Å². The molecule has 3 atom stereocenters. The molecule has 1 aromatic rings. The number of nitrogens with two attached hydrogens (primary N) is 1. The van der Waals surface area contributed by atoms with Crippen molar-refractivity contribution in [2.45, 2.75) is 25.3 Å². The second-order valence-corrected chi connectivity index (χ2v) is 7.43. The lowest BCUT2D eigenvalue weighted by Crippen LogP contribution is -2.45. The molecule has 1 saturated heterocycles. The average molecular weight is 366 g/mol. The number of hydrogen-bond acceptors (Lipinski definition) is 4. The number of ether oxygens (including phenoxy) is 1. The molecule has 1 aromatic carbocycles. The van der Waals surface area contributed by atoms with Gasteiger partial charge < -0.3 is 15.8 Å². The first kappa shape index (κ1) is 18.6. The molecular formula is C19H28ClN3O2. The van der Waals surface area contributed by atoms with E-state index in [4.69, 9.17) is 22.1 Å². The number of hydrogen-bond donors (Lipinski definition) is 2. The summed E-state index contributed by atoms with van der Waals surface area (Å²) < 4.78 is 5.48. The molecule has 0 spiro atoms. The SMILES string of the molecule is NC[C@H]1CCC[C@H]1C(=O)NCC(c1ccc(Cl)cc1)N1CCOCC1. The van der Waals surface area contributed by atoms with Gasteiger partial charge in [-0.2, -0.15) is 0 Å². The van der Waals surface area contributed by atoms with Gasteiger partial charge in [0.2, 0.25) is 5.91 Å². The molecule has 1 amide bonds. The molecule has 6 heteroatoms. The molecule has 5 nitrogen and oxygen atoms in total. The Balaban J connectivity index is 1.66. The highest BCUT2D eigenvalue weighted by Crippen LogP contribution is 2.31. The summed E-state index contributed by atoms with van der Waals surface area (Å²) in [6.07, 6.45) is 3.12. The molecule has 1 aliphatic carbocycles. The van der Waals surface area contributed by atoms with E-state index >= 15 is 0 Å². The van der Waals surface area contributed by atoms with Gasteiger partial charge in [-0.05, 0) is 43.0 Å². The summed E-state index contributed by atoms with van der Waals surface area (Å²) in [6.45, 7) is 4.41. The van der Waals surface area contributed by atoms with Crippen LogP contribution in [0.2, 0.25) is 5.02 Å². The Labute approximate surface area is 154 Å². The van der Waals surface area contributed by atoms with E-state index in [1.807, 2.05) is 24.3 Å².